The highest BCUT2D eigenvalue weighted by atomic mass is 32.2. The monoisotopic (exact) mass is 438 g/mol. The molecule has 0 aliphatic carbocycles. The maximum absolute atomic E-state index is 11.6. The predicted molar refractivity (Wildman–Crippen MR) is 124 cm³/mol. The van der Waals surface area contributed by atoms with Gasteiger partial charge in [-0.3, -0.25) is 0 Å². The van der Waals surface area contributed by atoms with Crippen LogP contribution in [0.25, 0.3) is 10.8 Å². The van der Waals surface area contributed by atoms with Crippen LogP contribution < -0.4 is 5.32 Å². The highest BCUT2D eigenvalue weighted by Gasteiger charge is 2.07. The van der Waals surface area contributed by atoms with Crippen molar-refractivity contribution in [1.29, 1.82) is 5.26 Å². The van der Waals surface area contributed by atoms with Crippen molar-refractivity contribution in [3.05, 3.63) is 89.4 Å². The van der Waals surface area contributed by atoms with Crippen molar-refractivity contribution in [3.8, 4) is 17.9 Å². The van der Waals surface area contributed by atoms with Gasteiger partial charge >= 0.3 is 0 Å². The van der Waals surface area contributed by atoms with Crippen molar-refractivity contribution in [2.75, 3.05) is 11.6 Å². The van der Waals surface area contributed by atoms with Crippen LogP contribution in [-0.2, 0) is 9.84 Å². The molecular weight excluding hydrogens is 420 g/mol. The zero-order chi connectivity index (χ0) is 22.7. The number of benzene rings is 2. The average molecular weight is 439 g/mol. The number of nitriles is 1. The first-order valence-electron chi connectivity index (χ1n) is 9.68. The van der Waals surface area contributed by atoms with Crippen LogP contribution in [0.5, 0.6) is 0 Å². The first-order valence-corrected chi connectivity index (χ1v) is 11.6. The molecule has 2 aromatic heterocycles. The minimum absolute atomic E-state index is 0.256. The zero-order valence-corrected chi connectivity index (χ0v) is 18.2. The van der Waals surface area contributed by atoms with Crippen molar-refractivity contribution in [2.24, 2.45) is 0 Å². The van der Waals surface area contributed by atoms with E-state index in [2.05, 4.69) is 33.2 Å². The minimum Gasteiger partial charge on any atom is -0.340 e. The highest BCUT2D eigenvalue weighted by molar-refractivity contribution is 7.90. The van der Waals surface area contributed by atoms with Gasteiger partial charge in [0.05, 0.1) is 16.5 Å². The summed E-state index contributed by atoms with van der Waals surface area (Å²) in [5.41, 5.74) is 3.56. The lowest BCUT2D eigenvalue weighted by Gasteiger charge is -2.08. The number of hydrogen-bond donors (Lipinski definition) is 1. The lowest BCUT2D eigenvalue weighted by Crippen LogP contribution is -1.98. The summed E-state index contributed by atoms with van der Waals surface area (Å²) in [7, 11) is -3.25. The number of pyridine rings is 2. The number of sulfone groups is 1. The Balaban J connectivity index is 1.67. The molecule has 1 N–H and O–H groups in total. The normalized spacial score (nSPS) is 10.8. The van der Waals surface area contributed by atoms with Gasteiger partial charge in [-0.2, -0.15) is 5.26 Å². The standard InChI is InChI=1S/C25H18N4O2S/c1-17-3-4-18(13-20(17)15-26)5-10-24-23-14-25(28-16-19(23)11-12-27-24)29-21-6-8-22(9-7-21)32(2,30)31/h3-4,6-9,11-14,16H,1-2H3,(H,28,29). The number of aryl methyl sites for hydroxylation is 1. The quantitative estimate of drug-likeness (QED) is 0.478. The molecule has 0 aliphatic rings. The topological polar surface area (TPSA) is 95.7 Å². The molecule has 2 aromatic carbocycles. The zero-order valence-electron chi connectivity index (χ0n) is 17.4. The van der Waals surface area contributed by atoms with Crippen LogP contribution in [0, 0.1) is 30.1 Å². The first-order chi connectivity index (χ1) is 15.3. The smallest absolute Gasteiger partial charge is 0.175 e. The fourth-order valence-electron chi connectivity index (χ4n) is 3.12. The number of nitrogens with one attached hydrogen (secondary N) is 1. The summed E-state index contributed by atoms with van der Waals surface area (Å²) in [5, 5.41) is 14.1. The van der Waals surface area contributed by atoms with Crippen LogP contribution in [0.2, 0.25) is 0 Å². The lowest BCUT2D eigenvalue weighted by molar-refractivity contribution is 0.602. The van der Waals surface area contributed by atoms with E-state index < -0.39 is 9.84 Å². The molecule has 0 saturated carbocycles. The molecule has 4 rings (SSSR count). The predicted octanol–water partition coefficient (Wildman–Crippen LogP) is 4.36. The summed E-state index contributed by atoms with van der Waals surface area (Å²) in [6, 6.07) is 17.9. The Hall–Kier alpha value is -4.20. The van der Waals surface area contributed by atoms with E-state index in [0.29, 0.717) is 22.8 Å². The van der Waals surface area contributed by atoms with Gasteiger partial charge in [-0.05, 0) is 66.9 Å². The van der Waals surface area contributed by atoms with Crippen LogP contribution in [-0.4, -0.2) is 24.6 Å². The Kier molecular flexibility index (Phi) is 5.59. The van der Waals surface area contributed by atoms with Crippen LogP contribution >= 0.6 is 0 Å². The fourth-order valence-corrected chi connectivity index (χ4v) is 3.75. The van der Waals surface area contributed by atoms with Crippen molar-refractivity contribution in [2.45, 2.75) is 11.8 Å². The van der Waals surface area contributed by atoms with Gasteiger partial charge in [0.15, 0.2) is 9.84 Å². The van der Waals surface area contributed by atoms with Crippen LogP contribution in [0.3, 0.4) is 0 Å². The summed E-state index contributed by atoms with van der Waals surface area (Å²) in [6.07, 6.45) is 4.59. The van der Waals surface area contributed by atoms with Crippen molar-refractivity contribution in [3.63, 3.8) is 0 Å². The van der Waals surface area contributed by atoms with Crippen molar-refractivity contribution < 1.29 is 8.42 Å². The van der Waals surface area contributed by atoms with Gasteiger partial charge in [-0.25, -0.2) is 18.4 Å². The molecule has 0 aliphatic heterocycles. The van der Waals surface area contributed by atoms with Gasteiger partial charge in [0.1, 0.15) is 11.5 Å². The molecule has 0 fully saturated rings. The summed E-state index contributed by atoms with van der Waals surface area (Å²) < 4.78 is 23.3. The second-order valence-electron chi connectivity index (χ2n) is 7.26. The van der Waals surface area contributed by atoms with Gasteiger partial charge in [-0.1, -0.05) is 12.0 Å². The molecule has 4 aromatic rings. The van der Waals surface area contributed by atoms with Crippen LogP contribution in [0.1, 0.15) is 22.4 Å². The fraction of sp³-hybridized carbons (Fsp3) is 0.0800. The molecule has 0 saturated heterocycles. The van der Waals surface area contributed by atoms with Gasteiger partial charge in [0, 0.05) is 40.7 Å². The Bertz CT molecular complexity index is 1540. The van der Waals surface area contributed by atoms with Crippen molar-refractivity contribution >= 4 is 32.1 Å². The van der Waals surface area contributed by atoms with Gasteiger partial charge < -0.3 is 5.32 Å². The van der Waals surface area contributed by atoms with Crippen molar-refractivity contribution in [1.82, 2.24) is 9.97 Å². The molecular formula is C25H18N4O2S. The minimum atomic E-state index is -3.25. The van der Waals surface area contributed by atoms with Gasteiger partial charge in [0.25, 0.3) is 0 Å². The Morgan fingerprint density at radius 3 is 2.47 bits per heavy atom. The van der Waals surface area contributed by atoms with E-state index in [1.165, 1.54) is 6.26 Å². The van der Waals surface area contributed by atoms with Gasteiger partial charge in [0.2, 0.25) is 0 Å². The average Bonchev–Trinajstić information content (AvgIpc) is 2.78. The Morgan fingerprint density at radius 1 is 0.969 bits per heavy atom. The molecule has 0 spiro atoms. The summed E-state index contributed by atoms with van der Waals surface area (Å²) in [6.45, 7) is 1.89. The van der Waals surface area contributed by atoms with Gasteiger partial charge in [-0.15, -0.1) is 0 Å². The summed E-state index contributed by atoms with van der Waals surface area (Å²) >= 11 is 0. The summed E-state index contributed by atoms with van der Waals surface area (Å²) in [4.78, 5) is 9.09. The second kappa shape index (κ2) is 8.50. The molecule has 2 heterocycles. The van der Waals surface area contributed by atoms with E-state index in [9.17, 15) is 13.7 Å². The number of nitrogens with zero attached hydrogens (tertiary/aromatic N) is 3. The molecule has 0 amide bonds. The number of anilines is 2. The maximum Gasteiger partial charge on any atom is 0.175 e. The lowest BCUT2D eigenvalue weighted by atomic mass is 10.1. The molecule has 0 unspecified atom stereocenters. The second-order valence-corrected chi connectivity index (χ2v) is 9.28. The molecule has 32 heavy (non-hydrogen) atoms. The third-order valence-electron chi connectivity index (χ3n) is 4.89. The first kappa shape index (κ1) is 21.0. The maximum atomic E-state index is 11.6. The third kappa shape index (κ3) is 4.59. The molecule has 0 radical (unpaired) electrons. The third-order valence-corrected chi connectivity index (χ3v) is 6.01. The Labute approximate surface area is 186 Å². The van der Waals surface area contributed by atoms with E-state index in [4.69, 9.17) is 0 Å². The van der Waals surface area contributed by atoms with E-state index in [0.717, 1.165) is 21.9 Å². The highest BCUT2D eigenvalue weighted by Crippen LogP contribution is 2.22. The number of hydrogen-bond acceptors (Lipinski definition) is 6. The van der Waals surface area contributed by atoms with E-state index in [1.807, 2.05) is 31.2 Å². The molecule has 0 atom stereocenters. The Morgan fingerprint density at radius 2 is 1.75 bits per heavy atom. The number of aromatic nitrogens is 2. The largest absolute Gasteiger partial charge is 0.340 e. The molecule has 6 nitrogen and oxygen atoms in total. The van der Waals surface area contributed by atoms with Crippen LogP contribution in [0.15, 0.2) is 71.9 Å². The van der Waals surface area contributed by atoms with E-state index >= 15 is 0 Å². The molecule has 0 bridgehead atoms. The summed E-state index contributed by atoms with van der Waals surface area (Å²) in [5.74, 6) is 6.77. The van der Waals surface area contributed by atoms with E-state index in [1.54, 1.807) is 42.7 Å². The molecule has 156 valence electrons. The molecule has 7 heteroatoms. The van der Waals surface area contributed by atoms with Crippen LogP contribution in [0.4, 0.5) is 11.5 Å². The SMILES string of the molecule is Cc1ccc(C#Cc2nccc3cnc(Nc4ccc(S(C)(=O)=O)cc4)cc23)cc1C#N. The number of rotatable bonds is 3. The van der Waals surface area contributed by atoms with E-state index in [-0.39, 0.29) is 4.90 Å². The number of fused-ring (bicyclic) bond motifs is 1.